The molecule has 2 rings (SSSR count). The fraction of sp³-hybridized carbons (Fsp3) is 0.471. The molecular weight excluding hydrogens is 288 g/mol. The van der Waals surface area contributed by atoms with Gasteiger partial charge in [-0.3, -0.25) is 0 Å². The van der Waals surface area contributed by atoms with Crippen LogP contribution in [0.25, 0.3) is 11.5 Å². The van der Waals surface area contributed by atoms with Gasteiger partial charge in [0, 0.05) is 5.56 Å². The Balaban J connectivity index is 2.15. The van der Waals surface area contributed by atoms with Crippen LogP contribution in [0.15, 0.2) is 28.7 Å². The van der Waals surface area contributed by atoms with Gasteiger partial charge >= 0.3 is 6.11 Å². The molecule has 5 heteroatoms. The van der Waals surface area contributed by atoms with E-state index in [1.54, 1.807) is 6.92 Å². The number of oxazole rings is 1. The highest BCUT2D eigenvalue weighted by Gasteiger charge is 2.44. The molecule has 1 heterocycles. The minimum Gasteiger partial charge on any atom is -0.441 e. The molecule has 22 heavy (non-hydrogen) atoms. The molecule has 0 unspecified atom stereocenters. The Morgan fingerprint density at radius 2 is 1.68 bits per heavy atom. The van der Waals surface area contributed by atoms with Gasteiger partial charge in [-0.2, -0.15) is 8.78 Å². The maximum Gasteiger partial charge on any atom is 0.360 e. The summed E-state index contributed by atoms with van der Waals surface area (Å²) >= 11 is 0. The van der Waals surface area contributed by atoms with Gasteiger partial charge in [-0.25, -0.2) is 4.98 Å². The predicted octanol–water partition coefficient (Wildman–Crippen LogP) is 5.11. The Hall–Kier alpha value is -1.75. The fourth-order valence-corrected chi connectivity index (χ4v) is 1.76. The normalized spacial score (nSPS) is 12.7. The number of nitrogens with zero attached hydrogens (tertiary/aromatic N) is 1. The van der Waals surface area contributed by atoms with Crippen LogP contribution < -0.4 is 0 Å². The number of benzene rings is 1. The van der Waals surface area contributed by atoms with Crippen LogP contribution in [-0.2, 0) is 11.3 Å². The molecule has 0 aliphatic rings. The van der Waals surface area contributed by atoms with Gasteiger partial charge in [-0.1, -0.05) is 38.5 Å². The molecule has 0 fully saturated rings. The van der Waals surface area contributed by atoms with Gasteiger partial charge in [0.2, 0.25) is 5.89 Å². The van der Waals surface area contributed by atoms with E-state index >= 15 is 0 Å². The lowest BCUT2D eigenvalue weighted by Gasteiger charge is -2.29. The van der Waals surface area contributed by atoms with Crippen LogP contribution in [-0.4, -0.2) is 11.1 Å². The van der Waals surface area contributed by atoms with Gasteiger partial charge in [-0.15, -0.1) is 0 Å². The lowest BCUT2D eigenvalue weighted by molar-refractivity contribution is -0.301. The monoisotopic (exact) mass is 309 g/mol. The molecule has 0 atom stereocenters. The summed E-state index contributed by atoms with van der Waals surface area (Å²) in [5.74, 6) is 0.899. The molecule has 0 amide bonds. The zero-order valence-electron chi connectivity index (χ0n) is 13.5. The summed E-state index contributed by atoms with van der Waals surface area (Å²) in [4.78, 5) is 4.27. The van der Waals surface area contributed by atoms with Gasteiger partial charge in [0.15, 0.2) is 0 Å². The topological polar surface area (TPSA) is 35.3 Å². The van der Waals surface area contributed by atoms with Gasteiger partial charge in [0.05, 0.1) is 12.0 Å². The van der Waals surface area contributed by atoms with Gasteiger partial charge in [-0.05, 0) is 26.0 Å². The van der Waals surface area contributed by atoms with E-state index in [-0.39, 0.29) is 6.61 Å². The Labute approximate surface area is 129 Å². The van der Waals surface area contributed by atoms with Crippen LogP contribution >= 0.6 is 0 Å². The number of alkyl halides is 2. The van der Waals surface area contributed by atoms with Crippen molar-refractivity contribution in [1.29, 1.82) is 0 Å². The largest absolute Gasteiger partial charge is 0.441 e. The summed E-state index contributed by atoms with van der Waals surface area (Å²) in [6.45, 7) is 7.68. The Morgan fingerprint density at radius 3 is 2.23 bits per heavy atom. The van der Waals surface area contributed by atoms with Crippen LogP contribution in [0, 0.1) is 19.3 Å². The van der Waals surface area contributed by atoms with E-state index in [1.165, 1.54) is 20.8 Å². The van der Waals surface area contributed by atoms with E-state index in [0.29, 0.717) is 17.3 Å². The zero-order chi connectivity index (χ0) is 16.5. The molecule has 1 aromatic heterocycles. The zero-order valence-corrected chi connectivity index (χ0v) is 13.5. The molecule has 2 aromatic rings. The maximum absolute atomic E-state index is 13.8. The molecule has 0 saturated heterocycles. The standard InChI is InChI=1S/C17H21F2NO2/c1-11-6-8-13(9-7-11)15-20-14(12(2)22-15)10-21-17(18,19)16(3,4)5/h6-9H,10H2,1-5H3. The number of hydrogen-bond acceptors (Lipinski definition) is 3. The molecule has 0 aliphatic heterocycles. The van der Waals surface area contributed by atoms with Crippen molar-refractivity contribution in [1.82, 2.24) is 4.98 Å². The SMILES string of the molecule is Cc1ccc(-c2nc(COC(F)(F)C(C)(C)C)c(C)o2)cc1. The molecule has 0 bridgehead atoms. The molecule has 3 nitrogen and oxygen atoms in total. The van der Waals surface area contributed by atoms with E-state index in [0.717, 1.165) is 11.1 Å². The lowest BCUT2D eigenvalue weighted by Crippen LogP contribution is -2.36. The van der Waals surface area contributed by atoms with E-state index in [9.17, 15) is 8.78 Å². The first-order chi connectivity index (χ1) is 10.1. The van der Waals surface area contributed by atoms with Crippen molar-refractivity contribution < 1.29 is 17.9 Å². The number of aryl methyl sites for hydroxylation is 2. The average molecular weight is 309 g/mol. The van der Waals surface area contributed by atoms with Crippen molar-refractivity contribution in [3.05, 3.63) is 41.3 Å². The summed E-state index contributed by atoms with van der Waals surface area (Å²) in [7, 11) is 0. The van der Waals surface area contributed by atoms with E-state index < -0.39 is 11.5 Å². The Bertz CT molecular complexity index is 640. The van der Waals surface area contributed by atoms with E-state index in [4.69, 9.17) is 9.15 Å². The number of ether oxygens (including phenoxy) is 1. The van der Waals surface area contributed by atoms with Crippen molar-refractivity contribution in [3.8, 4) is 11.5 Å². The smallest absolute Gasteiger partial charge is 0.360 e. The summed E-state index contributed by atoms with van der Waals surface area (Å²) in [5, 5.41) is 0. The molecule has 0 aliphatic carbocycles. The molecule has 0 N–H and O–H groups in total. The van der Waals surface area contributed by atoms with Crippen molar-refractivity contribution in [2.45, 2.75) is 47.3 Å². The Kier molecular flexibility index (Phi) is 4.38. The second kappa shape index (κ2) is 5.80. The highest BCUT2D eigenvalue weighted by Crippen LogP contribution is 2.37. The third-order valence-electron chi connectivity index (χ3n) is 3.45. The molecule has 0 saturated carbocycles. The minimum atomic E-state index is -3.23. The van der Waals surface area contributed by atoms with E-state index in [2.05, 4.69) is 4.98 Å². The van der Waals surface area contributed by atoms with Crippen molar-refractivity contribution >= 4 is 0 Å². The summed E-state index contributed by atoms with van der Waals surface area (Å²) < 4.78 is 38.0. The van der Waals surface area contributed by atoms with Gasteiger partial charge in [0.1, 0.15) is 11.5 Å². The number of hydrogen-bond donors (Lipinski definition) is 0. The first-order valence-corrected chi connectivity index (χ1v) is 7.15. The van der Waals surface area contributed by atoms with E-state index in [1.807, 2.05) is 31.2 Å². The second-order valence-electron chi connectivity index (χ2n) is 6.44. The summed E-state index contributed by atoms with van der Waals surface area (Å²) in [6.07, 6.45) is -3.23. The highest BCUT2D eigenvalue weighted by molar-refractivity contribution is 5.54. The van der Waals surface area contributed by atoms with Gasteiger partial charge < -0.3 is 9.15 Å². The second-order valence-corrected chi connectivity index (χ2v) is 6.44. The molecule has 0 radical (unpaired) electrons. The van der Waals surface area contributed by atoms with Crippen molar-refractivity contribution in [3.63, 3.8) is 0 Å². The first-order valence-electron chi connectivity index (χ1n) is 7.15. The predicted molar refractivity (Wildman–Crippen MR) is 80.6 cm³/mol. The minimum absolute atomic E-state index is 0.286. The molecule has 1 aromatic carbocycles. The number of halogens is 2. The summed E-state index contributed by atoms with van der Waals surface area (Å²) in [6, 6.07) is 7.65. The van der Waals surface area contributed by atoms with Gasteiger partial charge in [0.25, 0.3) is 0 Å². The summed E-state index contributed by atoms with van der Waals surface area (Å²) in [5.41, 5.74) is 1.05. The average Bonchev–Trinajstić information content (AvgIpc) is 2.77. The van der Waals surface area contributed by atoms with Crippen LogP contribution in [0.5, 0.6) is 0 Å². The quantitative estimate of drug-likeness (QED) is 0.787. The van der Waals surface area contributed by atoms with Crippen molar-refractivity contribution in [2.75, 3.05) is 0 Å². The maximum atomic E-state index is 13.8. The third-order valence-corrected chi connectivity index (χ3v) is 3.45. The van der Waals surface area contributed by atoms with Crippen LogP contribution in [0.4, 0.5) is 8.78 Å². The molecular formula is C17H21F2NO2. The van der Waals surface area contributed by atoms with Crippen LogP contribution in [0.1, 0.15) is 37.8 Å². The van der Waals surface area contributed by atoms with Crippen molar-refractivity contribution in [2.24, 2.45) is 5.41 Å². The fourth-order valence-electron chi connectivity index (χ4n) is 1.76. The third kappa shape index (κ3) is 3.53. The molecule has 120 valence electrons. The number of aromatic nitrogens is 1. The number of rotatable bonds is 4. The molecule has 0 spiro atoms. The first kappa shape index (κ1) is 16.6. The van der Waals surface area contributed by atoms with Crippen LogP contribution in [0.2, 0.25) is 0 Å². The lowest BCUT2D eigenvalue weighted by atomic mass is 9.95. The van der Waals surface area contributed by atoms with Crippen LogP contribution in [0.3, 0.4) is 0 Å². The Morgan fingerprint density at radius 1 is 1.09 bits per heavy atom. The highest BCUT2D eigenvalue weighted by atomic mass is 19.3.